The van der Waals surface area contributed by atoms with Crippen molar-refractivity contribution in [1.29, 1.82) is 0 Å². The molecule has 0 amide bonds. The number of hydrogen-bond donors (Lipinski definition) is 2. The molecule has 0 radical (unpaired) electrons. The van der Waals surface area contributed by atoms with Crippen LogP contribution < -0.4 is 15.4 Å². The summed E-state index contributed by atoms with van der Waals surface area (Å²) in [5.74, 6) is 2.24. The molecule has 27 heavy (non-hydrogen) atoms. The van der Waals surface area contributed by atoms with Crippen LogP contribution in [0.4, 0.5) is 0 Å². The van der Waals surface area contributed by atoms with E-state index in [9.17, 15) is 0 Å². The van der Waals surface area contributed by atoms with Crippen molar-refractivity contribution >= 4 is 5.96 Å². The van der Waals surface area contributed by atoms with Gasteiger partial charge in [0.15, 0.2) is 5.96 Å². The highest BCUT2D eigenvalue weighted by Gasteiger charge is 2.09. The molecule has 1 aromatic heterocycles. The summed E-state index contributed by atoms with van der Waals surface area (Å²) >= 11 is 0. The molecule has 2 N–H and O–H groups in total. The maximum atomic E-state index is 5.73. The van der Waals surface area contributed by atoms with Gasteiger partial charge in [-0.2, -0.15) is 5.10 Å². The molecule has 0 aliphatic heterocycles. The molecule has 0 spiro atoms. The first kappa shape index (κ1) is 20.8. The SMILES string of the molecule is CCNC(=NCc1ccc(OCC(C)C)cc1)NCc1c(C)nn(C)c1C. The number of nitrogens with one attached hydrogen (secondary N) is 2. The summed E-state index contributed by atoms with van der Waals surface area (Å²) in [6.45, 7) is 13.4. The second-order valence-electron chi connectivity index (χ2n) is 7.17. The topological polar surface area (TPSA) is 63.5 Å². The number of aryl methyl sites for hydroxylation is 2. The van der Waals surface area contributed by atoms with E-state index in [2.05, 4.69) is 55.6 Å². The van der Waals surface area contributed by atoms with E-state index >= 15 is 0 Å². The minimum absolute atomic E-state index is 0.523. The summed E-state index contributed by atoms with van der Waals surface area (Å²) in [6, 6.07) is 8.15. The summed E-state index contributed by atoms with van der Waals surface area (Å²) < 4.78 is 7.65. The molecule has 1 aromatic carbocycles. The van der Waals surface area contributed by atoms with Crippen LogP contribution in [-0.2, 0) is 20.1 Å². The predicted octanol–water partition coefficient (Wildman–Crippen LogP) is 3.33. The minimum atomic E-state index is 0.523. The van der Waals surface area contributed by atoms with E-state index in [0.29, 0.717) is 19.0 Å². The highest BCUT2D eigenvalue weighted by Crippen LogP contribution is 2.14. The van der Waals surface area contributed by atoms with E-state index in [1.165, 1.54) is 11.3 Å². The Morgan fingerprint density at radius 3 is 2.44 bits per heavy atom. The van der Waals surface area contributed by atoms with Gasteiger partial charge in [0.25, 0.3) is 0 Å². The maximum absolute atomic E-state index is 5.73. The third kappa shape index (κ3) is 6.31. The lowest BCUT2D eigenvalue weighted by Crippen LogP contribution is -2.37. The Labute approximate surface area is 163 Å². The molecule has 0 bridgehead atoms. The largest absolute Gasteiger partial charge is 0.493 e. The van der Waals surface area contributed by atoms with Gasteiger partial charge in [0, 0.05) is 31.4 Å². The number of benzene rings is 1. The summed E-state index contributed by atoms with van der Waals surface area (Å²) in [5.41, 5.74) is 4.59. The van der Waals surface area contributed by atoms with Gasteiger partial charge in [0.1, 0.15) is 5.75 Å². The zero-order valence-corrected chi connectivity index (χ0v) is 17.5. The fraction of sp³-hybridized carbons (Fsp3) is 0.524. The molecule has 0 unspecified atom stereocenters. The first-order chi connectivity index (χ1) is 12.9. The first-order valence-corrected chi connectivity index (χ1v) is 9.63. The van der Waals surface area contributed by atoms with Gasteiger partial charge in [-0.1, -0.05) is 26.0 Å². The van der Waals surface area contributed by atoms with Gasteiger partial charge >= 0.3 is 0 Å². The average molecular weight is 372 g/mol. The number of rotatable bonds is 8. The monoisotopic (exact) mass is 371 g/mol. The van der Waals surface area contributed by atoms with E-state index in [4.69, 9.17) is 9.73 Å². The molecule has 1 heterocycles. The summed E-state index contributed by atoms with van der Waals surface area (Å²) in [6.07, 6.45) is 0. The number of ether oxygens (including phenoxy) is 1. The van der Waals surface area contributed by atoms with Crippen LogP contribution in [-0.4, -0.2) is 28.9 Å². The van der Waals surface area contributed by atoms with Crippen LogP contribution in [0.2, 0.25) is 0 Å². The second kappa shape index (κ2) is 10.00. The number of guanidine groups is 1. The van der Waals surface area contributed by atoms with Gasteiger partial charge in [-0.3, -0.25) is 4.68 Å². The van der Waals surface area contributed by atoms with Crippen LogP contribution in [0, 0.1) is 19.8 Å². The highest BCUT2D eigenvalue weighted by molar-refractivity contribution is 5.79. The fourth-order valence-electron chi connectivity index (χ4n) is 2.71. The Morgan fingerprint density at radius 2 is 1.89 bits per heavy atom. The average Bonchev–Trinajstić information content (AvgIpc) is 2.88. The summed E-state index contributed by atoms with van der Waals surface area (Å²) in [5, 5.41) is 11.2. The van der Waals surface area contributed by atoms with Crippen LogP contribution >= 0.6 is 0 Å². The molecule has 6 nitrogen and oxygen atoms in total. The Morgan fingerprint density at radius 1 is 1.19 bits per heavy atom. The van der Waals surface area contributed by atoms with Crippen molar-refractivity contribution in [3.63, 3.8) is 0 Å². The molecule has 0 fully saturated rings. The Bertz CT molecular complexity index is 747. The highest BCUT2D eigenvalue weighted by atomic mass is 16.5. The molecule has 2 aromatic rings. The van der Waals surface area contributed by atoms with Crippen molar-refractivity contribution in [1.82, 2.24) is 20.4 Å². The van der Waals surface area contributed by atoms with Crippen molar-refractivity contribution in [3.8, 4) is 5.75 Å². The zero-order valence-electron chi connectivity index (χ0n) is 17.5. The lowest BCUT2D eigenvalue weighted by Gasteiger charge is -2.12. The molecule has 148 valence electrons. The van der Waals surface area contributed by atoms with Crippen LogP contribution in [0.15, 0.2) is 29.3 Å². The van der Waals surface area contributed by atoms with Crippen LogP contribution in [0.1, 0.15) is 43.3 Å². The lowest BCUT2D eigenvalue weighted by molar-refractivity contribution is 0.271. The quantitative estimate of drug-likeness (QED) is 0.552. The molecule has 0 saturated heterocycles. The molecule has 0 aliphatic rings. The van der Waals surface area contributed by atoms with E-state index in [1.54, 1.807) is 0 Å². The van der Waals surface area contributed by atoms with Crippen LogP contribution in [0.25, 0.3) is 0 Å². The van der Waals surface area contributed by atoms with Crippen LogP contribution in [0.3, 0.4) is 0 Å². The third-order valence-electron chi connectivity index (χ3n) is 4.36. The van der Waals surface area contributed by atoms with E-state index in [-0.39, 0.29) is 0 Å². The second-order valence-corrected chi connectivity index (χ2v) is 7.17. The van der Waals surface area contributed by atoms with Gasteiger partial charge in [-0.15, -0.1) is 0 Å². The van der Waals surface area contributed by atoms with Gasteiger partial charge in [-0.05, 0) is 44.4 Å². The number of nitrogens with zero attached hydrogens (tertiary/aromatic N) is 3. The normalized spacial score (nSPS) is 11.7. The Balaban J connectivity index is 1.96. The van der Waals surface area contributed by atoms with Crippen molar-refractivity contribution < 1.29 is 4.74 Å². The van der Waals surface area contributed by atoms with Crippen molar-refractivity contribution in [2.45, 2.75) is 47.7 Å². The van der Waals surface area contributed by atoms with Crippen LogP contribution in [0.5, 0.6) is 5.75 Å². The molecule has 0 atom stereocenters. The van der Waals surface area contributed by atoms with Crippen molar-refractivity contribution in [2.24, 2.45) is 18.0 Å². The standard InChI is InChI=1S/C21H33N5O/c1-7-22-21(24-13-20-16(4)25-26(6)17(20)5)23-12-18-8-10-19(11-9-18)27-14-15(2)3/h8-11,15H,7,12-14H2,1-6H3,(H2,22,23,24). The maximum Gasteiger partial charge on any atom is 0.191 e. The van der Waals surface area contributed by atoms with Crippen molar-refractivity contribution in [3.05, 3.63) is 46.8 Å². The first-order valence-electron chi connectivity index (χ1n) is 9.63. The minimum Gasteiger partial charge on any atom is -0.493 e. The predicted molar refractivity (Wildman–Crippen MR) is 111 cm³/mol. The third-order valence-corrected chi connectivity index (χ3v) is 4.36. The number of aliphatic imine (C=N–C) groups is 1. The van der Waals surface area contributed by atoms with E-state index in [1.807, 2.05) is 30.8 Å². The van der Waals surface area contributed by atoms with Gasteiger partial charge in [0.05, 0.1) is 18.8 Å². The van der Waals surface area contributed by atoms with Gasteiger partial charge in [0.2, 0.25) is 0 Å². The molecule has 6 heteroatoms. The summed E-state index contributed by atoms with van der Waals surface area (Å²) in [7, 11) is 1.97. The zero-order chi connectivity index (χ0) is 19.8. The Kier molecular flexibility index (Phi) is 7.70. The lowest BCUT2D eigenvalue weighted by atomic mass is 10.2. The van der Waals surface area contributed by atoms with Crippen molar-refractivity contribution in [2.75, 3.05) is 13.2 Å². The molecular formula is C21H33N5O. The molecular weight excluding hydrogens is 338 g/mol. The van der Waals surface area contributed by atoms with Gasteiger partial charge in [-0.25, -0.2) is 4.99 Å². The number of hydrogen-bond acceptors (Lipinski definition) is 3. The molecule has 0 aliphatic carbocycles. The van der Waals surface area contributed by atoms with E-state index < -0.39 is 0 Å². The van der Waals surface area contributed by atoms with E-state index in [0.717, 1.165) is 36.1 Å². The Hall–Kier alpha value is -2.50. The van der Waals surface area contributed by atoms with Gasteiger partial charge < -0.3 is 15.4 Å². The smallest absolute Gasteiger partial charge is 0.191 e. The summed E-state index contributed by atoms with van der Waals surface area (Å²) in [4.78, 5) is 4.70. The number of aromatic nitrogens is 2. The fourth-order valence-corrected chi connectivity index (χ4v) is 2.71. The molecule has 2 rings (SSSR count). The molecule has 0 saturated carbocycles.